The molecule has 0 saturated heterocycles. The summed E-state index contributed by atoms with van der Waals surface area (Å²) in [6.07, 6.45) is 0. The van der Waals surface area contributed by atoms with Crippen molar-refractivity contribution in [2.75, 3.05) is 31.2 Å². The summed E-state index contributed by atoms with van der Waals surface area (Å²) in [7, 11) is 1.74. The summed E-state index contributed by atoms with van der Waals surface area (Å²) in [6.45, 7) is 0.640. The SMILES string of the molecule is CNc1cc(C(=O)NCCOc2ccc(F)cc2)ccc1N. The molecule has 1 amide bonds. The first-order valence-electron chi connectivity index (χ1n) is 6.84. The van der Waals surface area contributed by atoms with Gasteiger partial charge < -0.3 is 21.1 Å². The summed E-state index contributed by atoms with van der Waals surface area (Å²) in [6, 6.07) is 10.7. The molecule has 2 aromatic rings. The summed E-state index contributed by atoms with van der Waals surface area (Å²) in [5, 5.41) is 5.67. The number of carbonyl (C=O) groups is 1. The Morgan fingerprint density at radius 3 is 2.64 bits per heavy atom. The number of hydrogen-bond acceptors (Lipinski definition) is 4. The maximum Gasteiger partial charge on any atom is 0.251 e. The zero-order valence-corrected chi connectivity index (χ0v) is 12.2. The Morgan fingerprint density at radius 2 is 1.95 bits per heavy atom. The van der Waals surface area contributed by atoms with Gasteiger partial charge in [-0.05, 0) is 42.5 Å². The smallest absolute Gasteiger partial charge is 0.251 e. The van der Waals surface area contributed by atoms with Crippen molar-refractivity contribution in [2.24, 2.45) is 0 Å². The van der Waals surface area contributed by atoms with Gasteiger partial charge in [0.1, 0.15) is 18.2 Å². The van der Waals surface area contributed by atoms with Gasteiger partial charge in [0.2, 0.25) is 0 Å². The van der Waals surface area contributed by atoms with Crippen LogP contribution in [-0.2, 0) is 0 Å². The van der Waals surface area contributed by atoms with E-state index < -0.39 is 0 Å². The first-order valence-corrected chi connectivity index (χ1v) is 6.84. The molecule has 0 aromatic heterocycles. The minimum atomic E-state index is -0.315. The van der Waals surface area contributed by atoms with Gasteiger partial charge in [0.05, 0.1) is 17.9 Å². The van der Waals surface area contributed by atoms with Crippen LogP contribution in [0.4, 0.5) is 15.8 Å². The molecule has 0 fully saturated rings. The number of nitrogen functional groups attached to an aromatic ring is 1. The third kappa shape index (κ3) is 4.12. The van der Waals surface area contributed by atoms with Gasteiger partial charge in [0.15, 0.2) is 0 Å². The standard InChI is InChI=1S/C16H18FN3O2/c1-19-15-10-11(2-7-14(15)18)16(21)20-8-9-22-13-5-3-12(17)4-6-13/h2-7,10,19H,8-9,18H2,1H3,(H,20,21). The minimum Gasteiger partial charge on any atom is -0.492 e. The van der Waals surface area contributed by atoms with Gasteiger partial charge in [-0.1, -0.05) is 0 Å². The molecular weight excluding hydrogens is 285 g/mol. The lowest BCUT2D eigenvalue weighted by Crippen LogP contribution is -2.28. The van der Waals surface area contributed by atoms with Crippen LogP contribution in [0.1, 0.15) is 10.4 Å². The second-order valence-electron chi connectivity index (χ2n) is 4.61. The minimum absolute atomic E-state index is 0.209. The maximum absolute atomic E-state index is 12.7. The fraction of sp³-hybridized carbons (Fsp3) is 0.188. The molecule has 2 rings (SSSR count). The van der Waals surface area contributed by atoms with Crippen LogP contribution in [0.2, 0.25) is 0 Å². The van der Waals surface area contributed by atoms with Crippen LogP contribution in [0.25, 0.3) is 0 Å². The number of ether oxygens (including phenoxy) is 1. The number of nitrogens with two attached hydrogens (primary N) is 1. The zero-order chi connectivity index (χ0) is 15.9. The lowest BCUT2D eigenvalue weighted by atomic mass is 10.1. The molecule has 0 saturated carbocycles. The average Bonchev–Trinajstić information content (AvgIpc) is 2.53. The fourth-order valence-electron chi connectivity index (χ4n) is 1.88. The Labute approximate surface area is 128 Å². The Morgan fingerprint density at radius 1 is 1.23 bits per heavy atom. The molecule has 5 nitrogen and oxygen atoms in total. The molecule has 0 unspecified atom stereocenters. The predicted molar refractivity (Wildman–Crippen MR) is 84.6 cm³/mol. The van der Waals surface area contributed by atoms with Gasteiger partial charge in [-0.15, -0.1) is 0 Å². The van der Waals surface area contributed by atoms with Crippen LogP contribution in [0.3, 0.4) is 0 Å². The van der Waals surface area contributed by atoms with E-state index in [0.29, 0.717) is 35.8 Å². The first-order chi connectivity index (χ1) is 10.6. The lowest BCUT2D eigenvalue weighted by molar-refractivity contribution is 0.0947. The third-order valence-electron chi connectivity index (χ3n) is 3.05. The highest BCUT2D eigenvalue weighted by Crippen LogP contribution is 2.19. The lowest BCUT2D eigenvalue weighted by Gasteiger charge is -2.10. The van der Waals surface area contributed by atoms with Crippen molar-refractivity contribution < 1.29 is 13.9 Å². The summed E-state index contributed by atoms with van der Waals surface area (Å²) >= 11 is 0. The number of rotatable bonds is 6. The van der Waals surface area contributed by atoms with Gasteiger partial charge in [-0.2, -0.15) is 0 Å². The molecule has 0 spiro atoms. The molecule has 0 aliphatic heterocycles. The molecule has 22 heavy (non-hydrogen) atoms. The van der Waals surface area contributed by atoms with Crippen molar-refractivity contribution in [2.45, 2.75) is 0 Å². The molecule has 116 valence electrons. The number of hydrogen-bond donors (Lipinski definition) is 3. The van der Waals surface area contributed by atoms with Crippen LogP contribution in [0, 0.1) is 5.82 Å². The maximum atomic E-state index is 12.7. The van der Waals surface area contributed by atoms with Crippen LogP contribution < -0.4 is 21.1 Å². The number of nitrogens with one attached hydrogen (secondary N) is 2. The molecule has 2 aromatic carbocycles. The molecule has 0 bridgehead atoms. The Bertz CT molecular complexity index is 644. The quantitative estimate of drug-likeness (QED) is 0.565. The Hall–Kier alpha value is -2.76. The number of benzene rings is 2. The Kier molecular flexibility index (Phi) is 5.19. The number of carbonyl (C=O) groups excluding carboxylic acids is 1. The molecule has 0 heterocycles. The molecule has 0 radical (unpaired) electrons. The highest BCUT2D eigenvalue weighted by atomic mass is 19.1. The van der Waals surface area contributed by atoms with Gasteiger partial charge in [-0.3, -0.25) is 4.79 Å². The van der Waals surface area contributed by atoms with E-state index in [1.807, 2.05) is 0 Å². The van der Waals surface area contributed by atoms with Crippen molar-refractivity contribution in [3.8, 4) is 5.75 Å². The molecule has 4 N–H and O–H groups in total. The highest BCUT2D eigenvalue weighted by molar-refractivity contribution is 5.96. The van der Waals surface area contributed by atoms with Crippen molar-refractivity contribution >= 4 is 17.3 Å². The van der Waals surface area contributed by atoms with Crippen LogP contribution >= 0.6 is 0 Å². The third-order valence-corrected chi connectivity index (χ3v) is 3.05. The van der Waals surface area contributed by atoms with E-state index in [2.05, 4.69) is 10.6 Å². The van der Waals surface area contributed by atoms with Crippen LogP contribution in [-0.4, -0.2) is 26.1 Å². The van der Waals surface area contributed by atoms with Gasteiger partial charge in [0.25, 0.3) is 5.91 Å². The number of anilines is 2. The van der Waals surface area contributed by atoms with Crippen molar-refractivity contribution in [1.29, 1.82) is 0 Å². The first kappa shape index (κ1) is 15.6. The summed E-state index contributed by atoms with van der Waals surface area (Å²) in [5.41, 5.74) is 7.56. The van der Waals surface area contributed by atoms with Crippen LogP contribution in [0.15, 0.2) is 42.5 Å². The number of halogens is 1. The Balaban J connectivity index is 1.81. The summed E-state index contributed by atoms with van der Waals surface area (Å²) < 4.78 is 18.1. The highest BCUT2D eigenvalue weighted by Gasteiger charge is 2.07. The van der Waals surface area contributed by atoms with Crippen LogP contribution in [0.5, 0.6) is 5.75 Å². The van der Waals surface area contributed by atoms with Crippen molar-refractivity contribution in [3.63, 3.8) is 0 Å². The molecule has 0 aliphatic rings. The van der Waals surface area contributed by atoms with Gasteiger partial charge >= 0.3 is 0 Å². The van der Waals surface area contributed by atoms with E-state index in [4.69, 9.17) is 10.5 Å². The van der Waals surface area contributed by atoms with E-state index in [1.54, 1.807) is 25.2 Å². The molecule has 6 heteroatoms. The fourth-order valence-corrected chi connectivity index (χ4v) is 1.88. The molecular formula is C16H18FN3O2. The van der Waals surface area contributed by atoms with Crippen molar-refractivity contribution in [3.05, 3.63) is 53.8 Å². The monoisotopic (exact) mass is 303 g/mol. The normalized spacial score (nSPS) is 10.1. The van der Waals surface area contributed by atoms with E-state index in [-0.39, 0.29) is 11.7 Å². The summed E-state index contributed by atoms with van der Waals surface area (Å²) in [5.74, 6) is 0.0316. The zero-order valence-electron chi connectivity index (χ0n) is 12.2. The molecule has 0 aliphatic carbocycles. The summed E-state index contributed by atoms with van der Waals surface area (Å²) in [4.78, 5) is 12.0. The average molecular weight is 303 g/mol. The van der Waals surface area contributed by atoms with Gasteiger partial charge in [0, 0.05) is 12.6 Å². The second-order valence-corrected chi connectivity index (χ2v) is 4.61. The predicted octanol–water partition coefficient (Wildman–Crippen LogP) is 2.26. The van der Waals surface area contributed by atoms with Crippen molar-refractivity contribution in [1.82, 2.24) is 5.32 Å². The van der Waals surface area contributed by atoms with E-state index in [1.165, 1.54) is 24.3 Å². The van der Waals surface area contributed by atoms with Gasteiger partial charge in [-0.25, -0.2) is 4.39 Å². The second kappa shape index (κ2) is 7.31. The van der Waals surface area contributed by atoms with E-state index >= 15 is 0 Å². The molecule has 0 atom stereocenters. The van der Waals surface area contributed by atoms with E-state index in [0.717, 1.165) is 0 Å². The largest absolute Gasteiger partial charge is 0.492 e. The van der Waals surface area contributed by atoms with E-state index in [9.17, 15) is 9.18 Å². The number of amides is 1. The topological polar surface area (TPSA) is 76.4 Å².